The number of fused-ring (bicyclic) bond motifs is 1. The highest BCUT2D eigenvalue weighted by Crippen LogP contribution is 2.29. The number of nitro groups is 1. The average Bonchev–Trinajstić information content (AvgIpc) is 2.58. The number of rotatable bonds is 5. The Labute approximate surface area is 156 Å². The van der Waals surface area contributed by atoms with E-state index in [1.54, 1.807) is 6.07 Å². The smallest absolute Gasteiger partial charge is 0.293 e. The Balaban J connectivity index is 1.86. The molecule has 0 aliphatic carbocycles. The molecule has 9 heteroatoms. The van der Waals surface area contributed by atoms with Crippen molar-refractivity contribution in [2.45, 2.75) is 45.4 Å². The van der Waals surface area contributed by atoms with E-state index in [9.17, 15) is 14.9 Å². The standard InChI is InChI=1S/C18H25N5O4/c1-11-7-22(8-12(2)27-11)18(3,4)9-19-15-6-14-13(5-16(15)23(25)26)17(24)21-10-20-14/h5-6,10-12,19H,7-9H2,1-4H3,(H,20,21,24). The molecule has 1 aliphatic rings. The number of benzene rings is 1. The summed E-state index contributed by atoms with van der Waals surface area (Å²) in [6.45, 7) is 10.4. The lowest BCUT2D eigenvalue weighted by Crippen LogP contribution is -2.57. The molecule has 0 bridgehead atoms. The van der Waals surface area contributed by atoms with Crippen LogP contribution in [-0.2, 0) is 4.74 Å². The van der Waals surface area contributed by atoms with Gasteiger partial charge in [-0.15, -0.1) is 0 Å². The van der Waals surface area contributed by atoms with Gasteiger partial charge in [0.2, 0.25) is 0 Å². The van der Waals surface area contributed by atoms with Gasteiger partial charge in [-0.1, -0.05) is 0 Å². The summed E-state index contributed by atoms with van der Waals surface area (Å²) in [5.74, 6) is 0. The van der Waals surface area contributed by atoms with Crippen LogP contribution in [0.25, 0.3) is 10.9 Å². The molecule has 9 nitrogen and oxygen atoms in total. The Morgan fingerprint density at radius 1 is 1.37 bits per heavy atom. The first-order chi connectivity index (χ1) is 12.7. The lowest BCUT2D eigenvalue weighted by atomic mass is 9.99. The Kier molecular flexibility index (Phi) is 5.16. The molecule has 27 heavy (non-hydrogen) atoms. The molecule has 0 saturated carbocycles. The monoisotopic (exact) mass is 375 g/mol. The number of nitrogens with zero attached hydrogens (tertiary/aromatic N) is 3. The van der Waals surface area contributed by atoms with Crippen LogP contribution in [0.15, 0.2) is 23.3 Å². The SMILES string of the molecule is CC1CN(C(C)(C)CNc2cc3nc[nH]c(=O)c3cc2[N+](=O)[O-])CC(C)O1. The van der Waals surface area contributed by atoms with E-state index in [-0.39, 0.29) is 28.8 Å². The first-order valence-electron chi connectivity index (χ1n) is 8.97. The van der Waals surface area contributed by atoms with Gasteiger partial charge in [0.25, 0.3) is 11.2 Å². The summed E-state index contributed by atoms with van der Waals surface area (Å²) < 4.78 is 5.79. The number of hydrogen-bond acceptors (Lipinski definition) is 7. The molecule has 1 aromatic heterocycles. The van der Waals surface area contributed by atoms with Crippen LogP contribution in [-0.4, -0.2) is 57.2 Å². The maximum Gasteiger partial charge on any atom is 0.293 e. The molecule has 2 atom stereocenters. The molecule has 1 aromatic carbocycles. The van der Waals surface area contributed by atoms with E-state index >= 15 is 0 Å². The van der Waals surface area contributed by atoms with Crippen LogP contribution in [0.3, 0.4) is 0 Å². The molecule has 1 fully saturated rings. The van der Waals surface area contributed by atoms with E-state index in [1.165, 1.54) is 12.4 Å². The second-order valence-electron chi connectivity index (χ2n) is 7.70. The zero-order chi connectivity index (χ0) is 19.8. The number of H-pyrrole nitrogens is 1. The fraction of sp³-hybridized carbons (Fsp3) is 0.556. The van der Waals surface area contributed by atoms with Crippen molar-refractivity contribution in [3.05, 3.63) is 38.9 Å². The van der Waals surface area contributed by atoms with Gasteiger partial charge in [0.05, 0.1) is 34.4 Å². The van der Waals surface area contributed by atoms with E-state index in [1.807, 2.05) is 13.8 Å². The predicted octanol–water partition coefficient (Wildman–Crippen LogP) is 2.13. The van der Waals surface area contributed by atoms with Crippen LogP contribution in [0.4, 0.5) is 11.4 Å². The molecule has 146 valence electrons. The first kappa shape index (κ1) is 19.2. The van der Waals surface area contributed by atoms with Crippen molar-refractivity contribution in [2.24, 2.45) is 0 Å². The highest BCUT2D eigenvalue weighted by atomic mass is 16.6. The number of aromatic amines is 1. The summed E-state index contributed by atoms with van der Waals surface area (Å²) in [6.07, 6.45) is 1.57. The molecule has 2 N–H and O–H groups in total. The number of aromatic nitrogens is 2. The molecule has 1 saturated heterocycles. The summed E-state index contributed by atoms with van der Waals surface area (Å²) >= 11 is 0. The number of ether oxygens (including phenoxy) is 1. The topological polar surface area (TPSA) is 113 Å². The van der Waals surface area contributed by atoms with Crippen molar-refractivity contribution in [2.75, 3.05) is 25.0 Å². The number of nitrogens with one attached hydrogen (secondary N) is 2. The Bertz CT molecular complexity index is 900. The maximum absolute atomic E-state index is 11.9. The number of nitro benzene ring substituents is 1. The van der Waals surface area contributed by atoms with Gasteiger partial charge in [0, 0.05) is 31.2 Å². The van der Waals surface area contributed by atoms with E-state index in [0.717, 1.165) is 13.1 Å². The minimum atomic E-state index is -0.486. The quantitative estimate of drug-likeness (QED) is 0.608. The van der Waals surface area contributed by atoms with Crippen molar-refractivity contribution < 1.29 is 9.66 Å². The van der Waals surface area contributed by atoms with Crippen LogP contribution >= 0.6 is 0 Å². The number of morpholine rings is 1. The molecule has 2 heterocycles. The van der Waals surface area contributed by atoms with Crippen molar-refractivity contribution in [1.82, 2.24) is 14.9 Å². The zero-order valence-electron chi connectivity index (χ0n) is 16.0. The van der Waals surface area contributed by atoms with Crippen molar-refractivity contribution >= 4 is 22.3 Å². The zero-order valence-corrected chi connectivity index (χ0v) is 16.0. The average molecular weight is 375 g/mol. The second kappa shape index (κ2) is 7.24. The van der Waals surface area contributed by atoms with Crippen LogP contribution in [0, 0.1) is 10.1 Å². The number of hydrogen-bond donors (Lipinski definition) is 2. The van der Waals surface area contributed by atoms with E-state index in [4.69, 9.17) is 4.74 Å². The summed E-state index contributed by atoms with van der Waals surface area (Å²) in [7, 11) is 0. The van der Waals surface area contributed by atoms with E-state index < -0.39 is 10.5 Å². The van der Waals surface area contributed by atoms with E-state index in [0.29, 0.717) is 17.7 Å². The molecule has 2 aromatic rings. The Morgan fingerprint density at radius 3 is 2.67 bits per heavy atom. The van der Waals surface area contributed by atoms with Gasteiger partial charge in [-0.25, -0.2) is 4.98 Å². The normalized spacial score (nSPS) is 21.3. The van der Waals surface area contributed by atoms with Crippen molar-refractivity contribution in [3.8, 4) is 0 Å². The molecule has 1 aliphatic heterocycles. The fourth-order valence-corrected chi connectivity index (χ4v) is 3.49. The molecule has 0 radical (unpaired) electrons. The molecule has 3 rings (SSSR count). The van der Waals surface area contributed by atoms with Gasteiger partial charge in [-0.05, 0) is 33.8 Å². The summed E-state index contributed by atoms with van der Waals surface area (Å²) in [5.41, 5.74) is -0.00503. The Morgan fingerprint density at radius 2 is 2.04 bits per heavy atom. The molecular formula is C18H25N5O4. The van der Waals surface area contributed by atoms with Crippen molar-refractivity contribution in [1.29, 1.82) is 0 Å². The molecular weight excluding hydrogens is 350 g/mol. The molecule has 2 unspecified atom stereocenters. The highest BCUT2D eigenvalue weighted by molar-refractivity contribution is 5.86. The first-order valence-corrected chi connectivity index (χ1v) is 8.97. The third-order valence-electron chi connectivity index (χ3n) is 4.94. The lowest BCUT2D eigenvalue weighted by Gasteiger charge is -2.45. The van der Waals surface area contributed by atoms with Gasteiger partial charge < -0.3 is 15.0 Å². The summed E-state index contributed by atoms with van der Waals surface area (Å²) in [6, 6.07) is 2.83. The summed E-state index contributed by atoms with van der Waals surface area (Å²) in [5, 5.41) is 14.9. The van der Waals surface area contributed by atoms with Crippen LogP contribution < -0.4 is 10.9 Å². The Hall–Kier alpha value is -2.52. The molecule has 0 amide bonds. The van der Waals surface area contributed by atoms with Gasteiger partial charge in [-0.2, -0.15) is 0 Å². The largest absolute Gasteiger partial charge is 0.378 e. The van der Waals surface area contributed by atoms with E-state index in [2.05, 4.69) is 34.0 Å². The fourth-order valence-electron chi connectivity index (χ4n) is 3.49. The summed E-state index contributed by atoms with van der Waals surface area (Å²) in [4.78, 5) is 31.8. The van der Waals surface area contributed by atoms with Crippen LogP contribution in [0.2, 0.25) is 0 Å². The molecule has 0 spiro atoms. The van der Waals surface area contributed by atoms with Crippen LogP contribution in [0.1, 0.15) is 27.7 Å². The van der Waals surface area contributed by atoms with Crippen molar-refractivity contribution in [3.63, 3.8) is 0 Å². The number of anilines is 1. The van der Waals surface area contributed by atoms with Gasteiger partial charge in [0.1, 0.15) is 5.69 Å². The lowest BCUT2D eigenvalue weighted by molar-refractivity contribution is -0.383. The minimum Gasteiger partial charge on any atom is -0.378 e. The van der Waals surface area contributed by atoms with Gasteiger partial charge in [0.15, 0.2) is 0 Å². The predicted molar refractivity (Wildman–Crippen MR) is 103 cm³/mol. The van der Waals surface area contributed by atoms with Gasteiger partial charge in [-0.3, -0.25) is 19.8 Å². The maximum atomic E-state index is 11.9. The van der Waals surface area contributed by atoms with Gasteiger partial charge >= 0.3 is 0 Å². The third kappa shape index (κ3) is 4.09. The van der Waals surface area contributed by atoms with Crippen LogP contribution in [0.5, 0.6) is 0 Å². The highest BCUT2D eigenvalue weighted by Gasteiger charge is 2.33. The third-order valence-corrected chi connectivity index (χ3v) is 4.94. The second-order valence-corrected chi connectivity index (χ2v) is 7.70. The minimum absolute atomic E-state index is 0.138.